The summed E-state index contributed by atoms with van der Waals surface area (Å²) in [4.78, 5) is 29.1. The molecule has 31 heavy (non-hydrogen) atoms. The molecule has 2 aliphatic heterocycles. The molecule has 2 aromatic rings. The second kappa shape index (κ2) is 7.40. The van der Waals surface area contributed by atoms with Crippen molar-refractivity contribution >= 4 is 23.5 Å². The standard InChI is InChI=1S/C20H21F2N5O4/c21-17(22)13-9-31-20(29)27(13)15-8-26-5-6-30-14-7-11(3-4-12(14)19(26)25-15)24-16(18(23)28)10-1-2-10/h3-4,7-8,10,13,16-17,24H,1-2,5-6,9H2,(H2,23,28)/t13?,16-/m0/s1. The highest BCUT2D eigenvalue weighted by atomic mass is 19.3. The van der Waals surface area contributed by atoms with Gasteiger partial charge in [0.2, 0.25) is 5.91 Å². The summed E-state index contributed by atoms with van der Waals surface area (Å²) in [6.45, 7) is 0.368. The fraction of sp³-hybridized carbons (Fsp3) is 0.450. The lowest BCUT2D eigenvalue weighted by Crippen LogP contribution is -2.38. The lowest BCUT2D eigenvalue weighted by atomic mass is 10.1. The number of nitrogens with two attached hydrogens (primary N) is 1. The second-order valence-electron chi connectivity index (χ2n) is 7.89. The van der Waals surface area contributed by atoms with Crippen molar-refractivity contribution in [2.45, 2.75) is 37.9 Å². The van der Waals surface area contributed by atoms with Crippen molar-refractivity contribution in [3.8, 4) is 17.1 Å². The molecule has 2 atom stereocenters. The number of nitrogens with one attached hydrogen (secondary N) is 1. The van der Waals surface area contributed by atoms with Gasteiger partial charge in [0.1, 0.15) is 36.9 Å². The van der Waals surface area contributed by atoms with Crippen molar-refractivity contribution in [1.82, 2.24) is 9.55 Å². The maximum Gasteiger partial charge on any atom is 0.416 e. The van der Waals surface area contributed by atoms with E-state index in [9.17, 15) is 18.4 Å². The summed E-state index contributed by atoms with van der Waals surface area (Å²) in [5.74, 6) is 0.983. The molecule has 11 heteroatoms. The van der Waals surface area contributed by atoms with E-state index < -0.39 is 30.5 Å². The summed E-state index contributed by atoms with van der Waals surface area (Å²) >= 11 is 0. The van der Waals surface area contributed by atoms with E-state index in [1.54, 1.807) is 29.0 Å². The molecular formula is C20H21F2N5O4. The first-order valence-corrected chi connectivity index (χ1v) is 10.1. The molecular weight excluding hydrogens is 412 g/mol. The highest BCUT2D eigenvalue weighted by Crippen LogP contribution is 2.38. The zero-order valence-electron chi connectivity index (χ0n) is 16.5. The highest BCUT2D eigenvalue weighted by molar-refractivity contribution is 5.90. The molecule has 1 unspecified atom stereocenters. The Morgan fingerprint density at radius 2 is 2.10 bits per heavy atom. The molecule has 3 heterocycles. The van der Waals surface area contributed by atoms with Crippen LogP contribution >= 0.6 is 0 Å². The van der Waals surface area contributed by atoms with E-state index in [0.29, 0.717) is 36.0 Å². The Bertz CT molecular complexity index is 1040. The summed E-state index contributed by atoms with van der Waals surface area (Å²) in [5, 5.41) is 3.17. The van der Waals surface area contributed by atoms with Crippen molar-refractivity contribution in [1.29, 1.82) is 0 Å². The predicted molar refractivity (Wildman–Crippen MR) is 106 cm³/mol. The first-order chi connectivity index (χ1) is 14.9. The lowest BCUT2D eigenvalue weighted by Gasteiger charge is -2.18. The van der Waals surface area contributed by atoms with Crippen LogP contribution in [0.3, 0.4) is 0 Å². The number of halogens is 2. The zero-order valence-corrected chi connectivity index (χ0v) is 16.5. The van der Waals surface area contributed by atoms with E-state index in [0.717, 1.165) is 17.7 Å². The largest absolute Gasteiger partial charge is 0.491 e. The average molecular weight is 433 g/mol. The maximum absolute atomic E-state index is 13.3. The minimum absolute atomic E-state index is 0.111. The van der Waals surface area contributed by atoms with Crippen LogP contribution in [-0.4, -0.2) is 53.3 Å². The Kier molecular flexibility index (Phi) is 4.67. The van der Waals surface area contributed by atoms with E-state index in [4.69, 9.17) is 15.2 Å². The molecule has 1 aromatic carbocycles. The number of hydrogen-bond donors (Lipinski definition) is 2. The number of hydrogen-bond acceptors (Lipinski definition) is 6. The molecule has 1 saturated heterocycles. The summed E-state index contributed by atoms with van der Waals surface area (Å²) < 4.78 is 39.1. The summed E-state index contributed by atoms with van der Waals surface area (Å²) in [7, 11) is 0. The fourth-order valence-electron chi connectivity index (χ4n) is 3.99. The third-order valence-corrected chi connectivity index (χ3v) is 5.74. The summed E-state index contributed by atoms with van der Waals surface area (Å²) in [6.07, 6.45) is -0.117. The fourth-order valence-corrected chi connectivity index (χ4v) is 3.99. The summed E-state index contributed by atoms with van der Waals surface area (Å²) in [5.41, 5.74) is 6.86. The van der Waals surface area contributed by atoms with Crippen molar-refractivity contribution in [2.75, 3.05) is 23.4 Å². The molecule has 164 valence electrons. The average Bonchev–Trinajstić information content (AvgIpc) is 3.41. The summed E-state index contributed by atoms with van der Waals surface area (Å²) in [6, 6.07) is 3.52. The van der Waals surface area contributed by atoms with Crippen LogP contribution in [0.1, 0.15) is 12.8 Å². The first kappa shape index (κ1) is 19.6. The Morgan fingerprint density at radius 1 is 1.29 bits per heavy atom. The van der Waals surface area contributed by atoms with Gasteiger partial charge in [-0.1, -0.05) is 0 Å². The van der Waals surface area contributed by atoms with Gasteiger partial charge in [-0.05, 0) is 30.9 Å². The van der Waals surface area contributed by atoms with Crippen molar-refractivity contribution in [3.05, 3.63) is 24.4 Å². The smallest absolute Gasteiger partial charge is 0.416 e. The van der Waals surface area contributed by atoms with Gasteiger partial charge in [0, 0.05) is 18.0 Å². The minimum atomic E-state index is -2.75. The number of nitrogens with zero attached hydrogens (tertiary/aromatic N) is 3. The van der Waals surface area contributed by atoms with Crippen LogP contribution in [0.15, 0.2) is 24.4 Å². The third kappa shape index (κ3) is 3.53. The number of aromatic nitrogens is 2. The molecule has 9 nitrogen and oxygen atoms in total. The molecule has 0 bridgehead atoms. The Balaban J connectivity index is 1.46. The van der Waals surface area contributed by atoms with Crippen molar-refractivity contribution in [3.63, 3.8) is 0 Å². The molecule has 3 aliphatic rings. The number of anilines is 2. The molecule has 1 aliphatic carbocycles. The Labute approximate surface area is 176 Å². The molecule has 1 aromatic heterocycles. The van der Waals surface area contributed by atoms with Crippen LogP contribution in [0, 0.1) is 5.92 Å². The third-order valence-electron chi connectivity index (χ3n) is 5.74. The van der Waals surface area contributed by atoms with Crippen LogP contribution < -0.4 is 20.7 Å². The molecule has 2 fully saturated rings. The predicted octanol–water partition coefficient (Wildman–Crippen LogP) is 2.21. The molecule has 3 N–H and O–H groups in total. The highest BCUT2D eigenvalue weighted by Gasteiger charge is 2.42. The first-order valence-electron chi connectivity index (χ1n) is 10.1. The number of primary amides is 1. The van der Waals surface area contributed by atoms with Crippen LogP contribution in [0.4, 0.5) is 25.1 Å². The topological polar surface area (TPSA) is 112 Å². The van der Waals surface area contributed by atoms with Crippen LogP contribution in [0.25, 0.3) is 11.4 Å². The van der Waals surface area contributed by atoms with Gasteiger partial charge in [0.05, 0.1) is 12.1 Å². The van der Waals surface area contributed by atoms with E-state index in [1.165, 1.54) is 0 Å². The lowest BCUT2D eigenvalue weighted by molar-refractivity contribution is -0.119. The number of cyclic esters (lactones) is 1. The van der Waals surface area contributed by atoms with E-state index in [2.05, 4.69) is 10.3 Å². The normalized spacial score (nSPS) is 21.1. The molecule has 5 rings (SSSR count). The van der Waals surface area contributed by atoms with Gasteiger partial charge in [-0.3, -0.25) is 4.79 Å². The SMILES string of the molecule is NC(=O)[C@@H](Nc1ccc2c(c1)OCCn1cc(N3C(=O)OCC3C(F)F)nc1-2)C1CC1. The number of carbonyl (C=O) groups is 2. The quantitative estimate of drug-likeness (QED) is 0.723. The number of rotatable bonds is 6. The van der Waals surface area contributed by atoms with E-state index >= 15 is 0 Å². The van der Waals surface area contributed by atoms with Crippen LogP contribution in [0.5, 0.6) is 5.75 Å². The van der Waals surface area contributed by atoms with Gasteiger partial charge in [-0.25, -0.2) is 23.5 Å². The number of alkyl halides is 2. The van der Waals surface area contributed by atoms with Gasteiger partial charge in [0.15, 0.2) is 5.82 Å². The molecule has 1 saturated carbocycles. The van der Waals surface area contributed by atoms with Gasteiger partial charge in [0.25, 0.3) is 6.43 Å². The number of amides is 2. The van der Waals surface area contributed by atoms with E-state index in [1.807, 2.05) is 0 Å². The van der Waals surface area contributed by atoms with Gasteiger partial charge < -0.3 is 25.1 Å². The Hall–Kier alpha value is -3.37. The maximum atomic E-state index is 13.3. The second-order valence-corrected chi connectivity index (χ2v) is 7.89. The zero-order chi connectivity index (χ0) is 21.7. The van der Waals surface area contributed by atoms with E-state index in [-0.39, 0.29) is 18.3 Å². The molecule has 2 amide bonds. The van der Waals surface area contributed by atoms with Gasteiger partial charge >= 0.3 is 6.09 Å². The van der Waals surface area contributed by atoms with Gasteiger partial charge in [-0.2, -0.15) is 0 Å². The Morgan fingerprint density at radius 3 is 2.81 bits per heavy atom. The molecule has 0 spiro atoms. The number of ether oxygens (including phenoxy) is 2. The van der Waals surface area contributed by atoms with Gasteiger partial charge in [-0.15, -0.1) is 0 Å². The van der Waals surface area contributed by atoms with Crippen LogP contribution in [-0.2, 0) is 16.1 Å². The minimum Gasteiger partial charge on any atom is -0.491 e. The number of benzene rings is 1. The van der Waals surface area contributed by atoms with Crippen molar-refractivity contribution < 1.29 is 27.8 Å². The molecule has 0 radical (unpaired) electrons. The van der Waals surface area contributed by atoms with Crippen LogP contribution in [0.2, 0.25) is 0 Å². The number of carbonyl (C=O) groups excluding carboxylic acids is 2. The number of imidazole rings is 1. The van der Waals surface area contributed by atoms with Crippen molar-refractivity contribution in [2.24, 2.45) is 11.7 Å². The number of fused-ring (bicyclic) bond motifs is 3. The monoisotopic (exact) mass is 433 g/mol.